The Bertz CT molecular complexity index is 499. The van der Waals surface area contributed by atoms with Gasteiger partial charge in [0.1, 0.15) is 11.6 Å². The van der Waals surface area contributed by atoms with Crippen LogP contribution in [0.25, 0.3) is 0 Å². The number of rotatable bonds is 3. The van der Waals surface area contributed by atoms with Gasteiger partial charge in [-0.3, -0.25) is 9.59 Å². The van der Waals surface area contributed by atoms with Crippen molar-refractivity contribution in [2.24, 2.45) is 5.92 Å². The molecule has 20 heavy (non-hydrogen) atoms. The predicted octanol–water partition coefficient (Wildman–Crippen LogP) is 1.81. The molecule has 108 valence electrons. The highest BCUT2D eigenvalue weighted by Crippen LogP contribution is 2.24. The van der Waals surface area contributed by atoms with Crippen molar-refractivity contribution >= 4 is 29.1 Å². The maximum absolute atomic E-state index is 12.1. The molecule has 0 saturated carbocycles. The molecule has 0 spiro atoms. The standard InChI is InChI=1S/C14H17ClN2O3/c15-9-13(19)17-7-5-10(6-8-17)14(20)16-11-3-1-2-4-12(11)18/h1-4,10,18H,5-9H2,(H,16,20). The molecular formula is C14H17ClN2O3. The van der Waals surface area contributed by atoms with Crippen LogP contribution in [0.3, 0.4) is 0 Å². The molecule has 2 N–H and O–H groups in total. The Morgan fingerprint density at radius 1 is 1.30 bits per heavy atom. The SMILES string of the molecule is O=C(Nc1ccccc1O)C1CCN(C(=O)CCl)CC1. The first-order valence-electron chi connectivity index (χ1n) is 6.54. The van der Waals surface area contributed by atoms with Crippen LogP contribution >= 0.6 is 11.6 Å². The largest absolute Gasteiger partial charge is 0.506 e. The summed E-state index contributed by atoms with van der Waals surface area (Å²) < 4.78 is 0. The molecule has 1 aliphatic heterocycles. The third kappa shape index (κ3) is 3.42. The Balaban J connectivity index is 1.89. The van der Waals surface area contributed by atoms with Gasteiger partial charge in [-0.2, -0.15) is 0 Å². The van der Waals surface area contributed by atoms with Crippen molar-refractivity contribution in [2.75, 3.05) is 24.3 Å². The van der Waals surface area contributed by atoms with Gasteiger partial charge in [-0.05, 0) is 25.0 Å². The van der Waals surface area contributed by atoms with Crippen molar-refractivity contribution in [3.63, 3.8) is 0 Å². The zero-order valence-electron chi connectivity index (χ0n) is 11.0. The van der Waals surface area contributed by atoms with Crippen LogP contribution in [0.15, 0.2) is 24.3 Å². The number of carbonyl (C=O) groups excluding carboxylic acids is 2. The number of anilines is 1. The Morgan fingerprint density at radius 2 is 1.95 bits per heavy atom. The molecule has 0 aliphatic carbocycles. The summed E-state index contributed by atoms with van der Waals surface area (Å²) in [5, 5.41) is 12.3. The molecule has 1 heterocycles. The van der Waals surface area contributed by atoms with E-state index < -0.39 is 0 Å². The lowest BCUT2D eigenvalue weighted by atomic mass is 9.96. The van der Waals surface area contributed by atoms with E-state index in [0.29, 0.717) is 31.6 Å². The minimum atomic E-state index is -0.144. The van der Waals surface area contributed by atoms with Gasteiger partial charge in [0.2, 0.25) is 11.8 Å². The lowest BCUT2D eigenvalue weighted by molar-refractivity contribution is -0.132. The maximum Gasteiger partial charge on any atom is 0.237 e. The van der Waals surface area contributed by atoms with Crippen LogP contribution in [0.4, 0.5) is 5.69 Å². The van der Waals surface area contributed by atoms with Crippen molar-refractivity contribution < 1.29 is 14.7 Å². The van der Waals surface area contributed by atoms with Gasteiger partial charge in [0.15, 0.2) is 0 Å². The van der Waals surface area contributed by atoms with E-state index in [0.717, 1.165) is 0 Å². The van der Waals surface area contributed by atoms with Gasteiger partial charge in [0.05, 0.1) is 5.69 Å². The van der Waals surface area contributed by atoms with Crippen molar-refractivity contribution in [1.82, 2.24) is 4.90 Å². The number of phenols is 1. The number of piperidine rings is 1. The second-order valence-electron chi connectivity index (χ2n) is 4.80. The summed E-state index contributed by atoms with van der Waals surface area (Å²) in [7, 11) is 0. The number of hydrogen-bond donors (Lipinski definition) is 2. The highest BCUT2D eigenvalue weighted by molar-refractivity contribution is 6.27. The molecule has 0 unspecified atom stereocenters. The topological polar surface area (TPSA) is 69.6 Å². The fraction of sp³-hybridized carbons (Fsp3) is 0.429. The van der Waals surface area contributed by atoms with Gasteiger partial charge in [-0.15, -0.1) is 11.6 Å². The van der Waals surface area contributed by atoms with E-state index in [-0.39, 0.29) is 29.4 Å². The minimum absolute atomic E-state index is 0.0191. The summed E-state index contributed by atoms with van der Waals surface area (Å²) in [6.45, 7) is 1.09. The summed E-state index contributed by atoms with van der Waals surface area (Å²) in [6.07, 6.45) is 1.23. The number of aromatic hydroxyl groups is 1. The number of amides is 2. The van der Waals surface area contributed by atoms with Crippen molar-refractivity contribution in [3.8, 4) is 5.75 Å². The Morgan fingerprint density at radius 3 is 2.55 bits per heavy atom. The number of phenolic OH excluding ortho intramolecular Hbond substituents is 1. The lowest BCUT2D eigenvalue weighted by Gasteiger charge is -2.30. The molecular weight excluding hydrogens is 280 g/mol. The first-order valence-corrected chi connectivity index (χ1v) is 7.08. The van der Waals surface area contributed by atoms with Gasteiger partial charge >= 0.3 is 0 Å². The van der Waals surface area contributed by atoms with E-state index in [1.807, 2.05) is 0 Å². The average molecular weight is 297 g/mol. The fourth-order valence-electron chi connectivity index (χ4n) is 2.29. The molecule has 2 rings (SSSR count). The van der Waals surface area contributed by atoms with Crippen LogP contribution in [-0.2, 0) is 9.59 Å². The molecule has 0 bridgehead atoms. The number of alkyl halides is 1. The van der Waals surface area contributed by atoms with Gasteiger partial charge < -0.3 is 15.3 Å². The van der Waals surface area contributed by atoms with Gasteiger partial charge in [-0.25, -0.2) is 0 Å². The second-order valence-corrected chi connectivity index (χ2v) is 5.06. The van der Waals surface area contributed by atoms with E-state index in [1.54, 1.807) is 23.1 Å². The maximum atomic E-state index is 12.1. The molecule has 6 heteroatoms. The molecule has 1 aromatic carbocycles. The van der Waals surface area contributed by atoms with Gasteiger partial charge in [-0.1, -0.05) is 12.1 Å². The first-order chi connectivity index (χ1) is 9.61. The summed E-state index contributed by atoms with van der Waals surface area (Å²) in [5.41, 5.74) is 0.414. The number of para-hydroxylation sites is 2. The molecule has 1 saturated heterocycles. The zero-order valence-corrected chi connectivity index (χ0v) is 11.8. The lowest BCUT2D eigenvalue weighted by Crippen LogP contribution is -2.42. The molecule has 1 aromatic rings. The number of nitrogens with one attached hydrogen (secondary N) is 1. The molecule has 0 radical (unpaired) electrons. The van der Waals surface area contributed by atoms with Crippen LogP contribution in [0.5, 0.6) is 5.75 Å². The molecule has 0 atom stereocenters. The number of nitrogens with zero attached hydrogens (tertiary/aromatic N) is 1. The minimum Gasteiger partial charge on any atom is -0.506 e. The molecule has 1 fully saturated rings. The summed E-state index contributed by atoms with van der Waals surface area (Å²) in [5.74, 6) is -0.324. The summed E-state index contributed by atoms with van der Waals surface area (Å²) in [6, 6.07) is 6.62. The quantitative estimate of drug-likeness (QED) is 0.660. The van der Waals surface area contributed by atoms with Crippen LogP contribution in [0, 0.1) is 5.92 Å². The normalized spacial score (nSPS) is 15.9. The molecule has 1 aliphatic rings. The smallest absolute Gasteiger partial charge is 0.237 e. The number of halogens is 1. The van der Waals surface area contributed by atoms with Crippen molar-refractivity contribution in [1.29, 1.82) is 0 Å². The Labute approximate surface area is 122 Å². The number of benzene rings is 1. The Hall–Kier alpha value is -1.75. The highest BCUT2D eigenvalue weighted by Gasteiger charge is 2.27. The van der Waals surface area contributed by atoms with Crippen LogP contribution in [-0.4, -0.2) is 40.8 Å². The second kappa shape index (κ2) is 6.61. The van der Waals surface area contributed by atoms with E-state index in [4.69, 9.17) is 11.6 Å². The summed E-state index contributed by atoms with van der Waals surface area (Å²) >= 11 is 5.51. The van der Waals surface area contributed by atoms with E-state index in [1.165, 1.54) is 6.07 Å². The average Bonchev–Trinajstić information content (AvgIpc) is 2.49. The van der Waals surface area contributed by atoms with Crippen LogP contribution in [0.1, 0.15) is 12.8 Å². The molecule has 0 aromatic heterocycles. The molecule has 2 amide bonds. The highest BCUT2D eigenvalue weighted by atomic mass is 35.5. The van der Waals surface area contributed by atoms with Crippen LogP contribution in [0.2, 0.25) is 0 Å². The van der Waals surface area contributed by atoms with Gasteiger partial charge in [0.25, 0.3) is 0 Å². The van der Waals surface area contributed by atoms with E-state index in [9.17, 15) is 14.7 Å². The number of carbonyl (C=O) groups is 2. The first kappa shape index (κ1) is 14.7. The predicted molar refractivity (Wildman–Crippen MR) is 76.8 cm³/mol. The van der Waals surface area contributed by atoms with Crippen molar-refractivity contribution in [3.05, 3.63) is 24.3 Å². The zero-order chi connectivity index (χ0) is 14.5. The number of likely N-dealkylation sites (tertiary alicyclic amines) is 1. The third-order valence-electron chi connectivity index (χ3n) is 3.49. The Kier molecular flexibility index (Phi) is 4.84. The van der Waals surface area contributed by atoms with Crippen molar-refractivity contribution in [2.45, 2.75) is 12.8 Å². The fourth-order valence-corrected chi connectivity index (χ4v) is 2.46. The third-order valence-corrected chi connectivity index (χ3v) is 3.72. The monoisotopic (exact) mass is 296 g/mol. The number of hydrogen-bond acceptors (Lipinski definition) is 3. The van der Waals surface area contributed by atoms with E-state index in [2.05, 4.69) is 5.32 Å². The van der Waals surface area contributed by atoms with Gasteiger partial charge in [0, 0.05) is 19.0 Å². The van der Waals surface area contributed by atoms with Crippen LogP contribution < -0.4 is 5.32 Å². The van der Waals surface area contributed by atoms with E-state index >= 15 is 0 Å². The summed E-state index contributed by atoms with van der Waals surface area (Å²) in [4.78, 5) is 25.2. The molecule has 5 nitrogen and oxygen atoms in total.